The standard InChI is InChI=1S/C15H13BrN2O/c1-18-14-7-4-11(16)9-13(14)17-15(18)8-10-2-5-12(19)6-3-10/h2-7,9,19H,8H2,1H3. The lowest BCUT2D eigenvalue weighted by Gasteiger charge is -2.03. The van der Waals surface area contributed by atoms with Crippen molar-refractivity contribution in [3.63, 3.8) is 0 Å². The molecule has 1 heterocycles. The Balaban J connectivity index is 2.01. The van der Waals surface area contributed by atoms with Crippen LogP contribution in [0.3, 0.4) is 0 Å². The van der Waals surface area contributed by atoms with Crippen LogP contribution >= 0.6 is 15.9 Å². The van der Waals surface area contributed by atoms with Crippen LogP contribution in [0.25, 0.3) is 11.0 Å². The zero-order chi connectivity index (χ0) is 13.4. The number of halogens is 1. The van der Waals surface area contributed by atoms with Crippen molar-refractivity contribution in [3.05, 3.63) is 58.3 Å². The zero-order valence-corrected chi connectivity index (χ0v) is 12.1. The van der Waals surface area contributed by atoms with Gasteiger partial charge in [-0.05, 0) is 35.9 Å². The highest BCUT2D eigenvalue weighted by Gasteiger charge is 2.08. The smallest absolute Gasteiger partial charge is 0.115 e. The van der Waals surface area contributed by atoms with Crippen molar-refractivity contribution in [3.8, 4) is 5.75 Å². The molecule has 0 saturated heterocycles. The predicted molar refractivity (Wildman–Crippen MR) is 79.3 cm³/mol. The van der Waals surface area contributed by atoms with Crippen molar-refractivity contribution in [2.45, 2.75) is 6.42 Å². The lowest BCUT2D eigenvalue weighted by Crippen LogP contribution is -1.98. The lowest BCUT2D eigenvalue weighted by molar-refractivity contribution is 0.475. The predicted octanol–water partition coefficient (Wildman–Crippen LogP) is 3.63. The van der Waals surface area contributed by atoms with Crippen molar-refractivity contribution in [1.29, 1.82) is 0 Å². The lowest BCUT2D eigenvalue weighted by atomic mass is 10.1. The summed E-state index contributed by atoms with van der Waals surface area (Å²) in [5.74, 6) is 1.30. The minimum absolute atomic E-state index is 0.290. The van der Waals surface area contributed by atoms with Crippen molar-refractivity contribution in [2.75, 3.05) is 0 Å². The summed E-state index contributed by atoms with van der Waals surface area (Å²) in [4.78, 5) is 4.66. The van der Waals surface area contributed by atoms with E-state index in [4.69, 9.17) is 0 Å². The Bertz CT molecular complexity index is 732. The van der Waals surface area contributed by atoms with E-state index in [0.29, 0.717) is 0 Å². The van der Waals surface area contributed by atoms with Gasteiger partial charge in [-0.2, -0.15) is 0 Å². The molecule has 1 aromatic heterocycles. The van der Waals surface area contributed by atoms with Gasteiger partial charge in [0.2, 0.25) is 0 Å². The first kappa shape index (κ1) is 12.2. The summed E-state index contributed by atoms with van der Waals surface area (Å²) in [6.45, 7) is 0. The van der Waals surface area contributed by atoms with Gasteiger partial charge in [-0.25, -0.2) is 4.98 Å². The van der Waals surface area contributed by atoms with Gasteiger partial charge in [0.15, 0.2) is 0 Å². The Hall–Kier alpha value is -1.81. The number of aryl methyl sites for hydroxylation is 1. The molecular formula is C15H13BrN2O. The number of benzene rings is 2. The van der Waals surface area contributed by atoms with Gasteiger partial charge in [0.25, 0.3) is 0 Å². The molecule has 0 spiro atoms. The summed E-state index contributed by atoms with van der Waals surface area (Å²) in [6, 6.07) is 13.4. The summed E-state index contributed by atoms with van der Waals surface area (Å²) < 4.78 is 3.14. The van der Waals surface area contributed by atoms with Gasteiger partial charge < -0.3 is 9.67 Å². The highest BCUT2D eigenvalue weighted by Crippen LogP contribution is 2.21. The third kappa shape index (κ3) is 2.36. The molecule has 3 aromatic rings. The minimum atomic E-state index is 0.290. The van der Waals surface area contributed by atoms with E-state index < -0.39 is 0 Å². The SMILES string of the molecule is Cn1c(Cc2ccc(O)cc2)nc2cc(Br)ccc21. The van der Waals surface area contributed by atoms with Gasteiger partial charge >= 0.3 is 0 Å². The third-order valence-electron chi connectivity index (χ3n) is 3.23. The minimum Gasteiger partial charge on any atom is -0.508 e. The second-order valence-corrected chi connectivity index (χ2v) is 5.48. The summed E-state index contributed by atoms with van der Waals surface area (Å²) in [5, 5.41) is 9.30. The van der Waals surface area contributed by atoms with Crippen molar-refractivity contribution >= 4 is 27.0 Å². The van der Waals surface area contributed by atoms with Crippen LogP contribution in [0.15, 0.2) is 46.9 Å². The maximum absolute atomic E-state index is 9.30. The number of rotatable bonds is 2. The summed E-state index contributed by atoms with van der Waals surface area (Å²) in [7, 11) is 2.03. The van der Waals surface area contributed by atoms with Crippen LogP contribution in [-0.2, 0) is 13.5 Å². The molecule has 0 unspecified atom stereocenters. The van der Waals surface area contributed by atoms with E-state index in [1.54, 1.807) is 12.1 Å². The van der Waals surface area contributed by atoms with E-state index in [-0.39, 0.29) is 5.75 Å². The van der Waals surface area contributed by atoms with Gasteiger partial charge in [-0.3, -0.25) is 0 Å². The Morgan fingerprint density at radius 2 is 1.89 bits per heavy atom. The van der Waals surface area contributed by atoms with E-state index >= 15 is 0 Å². The molecule has 96 valence electrons. The molecule has 0 amide bonds. The van der Waals surface area contributed by atoms with E-state index in [1.807, 2.05) is 31.3 Å². The summed E-state index contributed by atoms with van der Waals surface area (Å²) >= 11 is 3.46. The number of phenolic OH excluding ortho intramolecular Hbond substituents is 1. The van der Waals surface area contributed by atoms with Crippen LogP contribution < -0.4 is 0 Å². The van der Waals surface area contributed by atoms with E-state index in [1.165, 1.54) is 0 Å². The van der Waals surface area contributed by atoms with Crippen LogP contribution in [-0.4, -0.2) is 14.7 Å². The number of aromatic hydroxyl groups is 1. The molecule has 4 heteroatoms. The molecule has 0 atom stereocenters. The number of hydrogen-bond donors (Lipinski definition) is 1. The summed E-state index contributed by atoms with van der Waals surface area (Å²) in [6.07, 6.45) is 0.753. The summed E-state index contributed by atoms with van der Waals surface area (Å²) in [5.41, 5.74) is 3.25. The van der Waals surface area contributed by atoms with Crippen LogP contribution in [0.4, 0.5) is 0 Å². The molecule has 0 radical (unpaired) electrons. The normalized spacial score (nSPS) is 11.1. The number of hydrogen-bond acceptors (Lipinski definition) is 2. The van der Waals surface area contributed by atoms with Crippen molar-refractivity contribution < 1.29 is 5.11 Å². The van der Waals surface area contributed by atoms with Crippen LogP contribution in [0.2, 0.25) is 0 Å². The quantitative estimate of drug-likeness (QED) is 0.784. The average Bonchev–Trinajstić information content (AvgIpc) is 2.68. The molecular weight excluding hydrogens is 304 g/mol. The number of aromatic nitrogens is 2. The number of phenols is 1. The van der Waals surface area contributed by atoms with Crippen LogP contribution in [0, 0.1) is 0 Å². The molecule has 1 N–H and O–H groups in total. The fourth-order valence-electron chi connectivity index (χ4n) is 2.18. The molecule has 0 aliphatic rings. The van der Waals surface area contributed by atoms with Crippen LogP contribution in [0.1, 0.15) is 11.4 Å². The maximum Gasteiger partial charge on any atom is 0.115 e. The number of imidazole rings is 1. The van der Waals surface area contributed by atoms with Gasteiger partial charge in [-0.1, -0.05) is 28.1 Å². The molecule has 3 nitrogen and oxygen atoms in total. The van der Waals surface area contributed by atoms with E-state index in [2.05, 4.69) is 31.5 Å². The number of fused-ring (bicyclic) bond motifs is 1. The molecule has 0 bridgehead atoms. The zero-order valence-electron chi connectivity index (χ0n) is 10.5. The molecule has 3 rings (SSSR count). The first-order chi connectivity index (χ1) is 9.13. The topological polar surface area (TPSA) is 38.0 Å². The Morgan fingerprint density at radius 1 is 1.16 bits per heavy atom. The van der Waals surface area contributed by atoms with Gasteiger partial charge in [0, 0.05) is 17.9 Å². The largest absolute Gasteiger partial charge is 0.508 e. The fourth-order valence-corrected chi connectivity index (χ4v) is 2.53. The van der Waals surface area contributed by atoms with E-state index in [9.17, 15) is 5.11 Å². The highest BCUT2D eigenvalue weighted by atomic mass is 79.9. The molecule has 0 aliphatic carbocycles. The van der Waals surface area contributed by atoms with Gasteiger partial charge in [0.1, 0.15) is 11.6 Å². The molecule has 0 fully saturated rings. The second-order valence-electron chi connectivity index (χ2n) is 4.56. The first-order valence-corrected chi connectivity index (χ1v) is 6.81. The third-order valence-corrected chi connectivity index (χ3v) is 3.73. The second kappa shape index (κ2) is 4.70. The first-order valence-electron chi connectivity index (χ1n) is 6.02. The van der Waals surface area contributed by atoms with Gasteiger partial charge in [-0.15, -0.1) is 0 Å². The maximum atomic E-state index is 9.30. The molecule has 19 heavy (non-hydrogen) atoms. The Kier molecular flexibility index (Phi) is 3.03. The average molecular weight is 317 g/mol. The fraction of sp³-hybridized carbons (Fsp3) is 0.133. The molecule has 2 aromatic carbocycles. The monoisotopic (exact) mass is 316 g/mol. The Labute approximate surface area is 119 Å². The van der Waals surface area contributed by atoms with E-state index in [0.717, 1.165) is 33.3 Å². The molecule has 0 saturated carbocycles. The van der Waals surface area contributed by atoms with Gasteiger partial charge in [0.05, 0.1) is 11.0 Å². The van der Waals surface area contributed by atoms with Crippen LogP contribution in [0.5, 0.6) is 5.75 Å². The molecule has 0 aliphatic heterocycles. The number of nitrogens with zero attached hydrogens (tertiary/aromatic N) is 2. The van der Waals surface area contributed by atoms with Crippen molar-refractivity contribution in [1.82, 2.24) is 9.55 Å². The van der Waals surface area contributed by atoms with Crippen molar-refractivity contribution in [2.24, 2.45) is 7.05 Å². The highest BCUT2D eigenvalue weighted by molar-refractivity contribution is 9.10. The Morgan fingerprint density at radius 3 is 2.63 bits per heavy atom.